The van der Waals surface area contributed by atoms with E-state index in [-0.39, 0.29) is 24.3 Å². The predicted octanol–water partition coefficient (Wildman–Crippen LogP) is 5.09. The molecule has 0 unspecified atom stereocenters. The van der Waals surface area contributed by atoms with E-state index in [2.05, 4.69) is 33.7 Å². The number of thiophene rings is 1. The summed E-state index contributed by atoms with van der Waals surface area (Å²) in [7, 11) is 0. The molecule has 2 aliphatic rings. The zero-order chi connectivity index (χ0) is 22.6. The maximum atomic E-state index is 13.2. The number of fused-ring (bicyclic) bond motifs is 1. The molecule has 5 rings (SSSR count). The van der Waals surface area contributed by atoms with Gasteiger partial charge in [-0.25, -0.2) is 0 Å². The molecule has 1 amide bonds. The fourth-order valence-electron chi connectivity index (χ4n) is 4.72. The molecular formula is C27H27N3O2S. The summed E-state index contributed by atoms with van der Waals surface area (Å²) in [5.74, 6) is 0.124. The van der Waals surface area contributed by atoms with Gasteiger partial charge in [-0.1, -0.05) is 48.5 Å². The van der Waals surface area contributed by atoms with E-state index in [0.29, 0.717) is 13.0 Å². The van der Waals surface area contributed by atoms with E-state index in [4.69, 9.17) is 0 Å². The minimum Gasteiger partial charge on any atom is -0.357 e. The second-order valence-electron chi connectivity index (χ2n) is 8.44. The van der Waals surface area contributed by atoms with Crippen LogP contribution in [0.15, 0.2) is 83.4 Å². The lowest BCUT2D eigenvalue weighted by atomic mass is 9.88. The van der Waals surface area contributed by atoms with E-state index < -0.39 is 0 Å². The average Bonchev–Trinajstić information content (AvgIpc) is 3.31. The minimum absolute atomic E-state index is 0.0467. The molecule has 33 heavy (non-hydrogen) atoms. The van der Waals surface area contributed by atoms with Crippen LogP contribution in [0.25, 0.3) is 0 Å². The van der Waals surface area contributed by atoms with Crippen LogP contribution in [0.5, 0.6) is 0 Å². The van der Waals surface area contributed by atoms with Gasteiger partial charge in [0.05, 0.1) is 24.0 Å². The number of nitrogens with zero attached hydrogens (tertiary/aromatic N) is 1. The highest BCUT2D eigenvalue weighted by Crippen LogP contribution is 2.45. The molecule has 1 aliphatic heterocycles. The van der Waals surface area contributed by atoms with Crippen LogP contribution >= 0.6 is 11.3 Å². The molecule has 0 fully saturated rings. The summed E-state index contributed by atoms with van der Waals surface area (Å²) in [6.07, 6.45) is 3.03. The molecule has 0 saturated heterocycles. The van der Waals surface area contributed by atoms with Crippen molar-refractivity contribution in [2.45, 2.75) is 31.7 Å². The number of hydrogen-bond acceptors (Lipinski definition) is 5. The molecule has 1 aromatic heterocycles. The molecule has 0 bridgehead atoms. The number of anilines is 2. The summed E-state index contributed by atoms with van der Waals surface area (Å²) in [5, 5.41) is 8.65. The Bertz CT molecular complexity index is 1170. The highest BCUT2D eigenvalue weighted by Gasteiger charge is 2.37. The SMILES string of the molecule is O=C(CN1c2ccccc2NC2=C(C(=O)CCC2)[C@@H]1c1cccs1)NCCc1ccccc1. The minimum atomic E-state index is -0.274. The van der Waals surface area contributed by atoms with Crippen LogP contribution in [0.2, 0.25) is 0 Å². The van der Waals surface area contributed by atoms with Crippen molar-refractivity contribution >= 4 is 34.4 Å². The van der Waals surface area contributed by atoms with Crippen molar-refractivity contribution in [3.05, 3.63) is 93.8 Å². The molecule has 2 N–H and O–H groups in total. The topological polar surface area (TPSA) is 61.4 Å². The van der Waals surface area contributed by atoms with E-state index >= 15 is 0 Å². The van der Waals surface area contributed by atoms with Crippen molar-refractivity contribution < 1.29 is 9.59 Å². The lowest BCUT2D eigenvalue weighted by molar-refractivity contribution is -0.120. The quantitative estimate of drug-likeness (QED) is 0.541. The van der Waals surface area contributed by atoms with Gasteiger partial charge in [0, 0.05) is 29.1 Å². The van der Waals surface area contributed by atoms with Gasteiger partial charge in [0.25, 0.3) is 0 Å². The van der Waals surface area contributed by atoms with Crippen molar-refractivity contribution in [1.82, 2.24) is 5.32 Å². The molecule has 168 valence electrons. The number of para-hydroxylation sites is 2. The van der Waals surface area contributed by atoms with Crippen molar-refractivity contribution in [1.29, 1.82) is 0 Å². The number of Topliss-reactive ketones (excluding diaryl/α,β-unsaturated/α-hetero) is 1. The van der Waals surface area contributed by atoms with Crippen molar-refractivity contribution in [3.63, 3.8) is 0 Å². The van der Waals surface area contributed by atoms with Crippen LogP contribution in [0.3, 0.4) is 0 Å². The first-order valence-corrected chi connectivity index (χ1v) is 12.3. The Morgan fingerprint density at radius 2 is 1.85 bits per heavy atom. The van der Waals surface area contributed by atoms with Gasteiger partial charge >= 0.3 is 0 Å². The zero-order valence-electron chi connectivity index (χ0n) is 18.4. The number of nitrogens with one attached hydrogen (secondary N) is 2. The Hall–Kier alpha value is -3.38. The van der Waals surface area contributed by atoms with Crippen LogP contribution in [0, 0.1) is 0 Å². The Morgan fingerprint density at radius 3 is 2.67 bits per heavy atom. The number of carbonyl (C=O) groups is 2. The summed E-state index contributed by atoms with van der Waals surface area (Å²) >= 11 is 1.63. The van der Waals surface area contributed by atoms with Gasteiger partial charge in [-0.05, 0) is 48.4 Å². The summed E-state index contributed by atoms with van der Waals surface area (Å²) < 4.78 is 0. The molecule has 0 saturated carbocycles. The highest BCUT2D eigenvalue weighted by atomic mass is 32.1. The van der Waals surface area contributed by atoms with Gasteiger partial charge in [-0.3, -0.25) is 9.59 Å². The Labute approximate surface area is 198 Å². The number of hydrogen-bond donors (Lipinski definition) is 2. The van der Waals surface area contributed by atoms with Crippen LogP contribution in [0.1, 0.15) is 35.7 Å². The molecule has 1 atom stereocenters. The average molecular weight is 458 g/mol. The molecule has 5 nitrogen and oxygen atoms in total. The summed E-state index contributed by atoms with van der Waals surface area (Å²) in [6, 6.07) is 22.0. The maximum absolute atomic E-state index is 13.2. The molecule has 0 spiro atoms. The van der Waals surface area contributed by atoms with E-state index in [9.17, 15) is 9.59 Å². The highest BCUT2D eigenvalue weighted by molar-refractivity contribution is 7.10. The molecule has 6 heteroatoms. The third-order valence-corrected chi connectivity index (χ3v) is 7.17. The van der Waals surface area contributed by atoms with Crippen molar-refractivity contribution in [3.8, 4) is 0 Å². The Morgan fingerprint density at radius 1 is 1.03 bits per heavy atom. The molecule has 0 radical (unpaired) electrons. The first-order valence-electron chi connectivity index (χ1n) is 11.4. The van der Waals surface area contributed by atoms with Crippen LogP contribution in [0.4, 0.5) is 11.4 Å². The van der Waals surface area contributed by atoms with E-state index in [1.165, 1.54) is 5.56 Å². The van der Waals surface area contributed by atoms with Crippen LogP contribution < -0.4 is 15.5 Å². The summed E-state index contributed by atoms with van der Waals surface area (Å²) in [5.41, 5.74) is 4.87. The number of ketones is 1. The number of rotatable bonds is 6. The first kappa shape index (κ1) is 21.5. The van der Waals surface area contributed by atoms with Gasteiger partial charge in [-0.2, -0.15) is 0 Å². The smallest absolute Gasteiger partial charge is 0.239 e. The molecule has 2 heterocycles. The fourth-order valence-corrected chi connectivity index (χ4v) is 5.56. The standard InChI is InChI=1S/C27H27N3O2S/c31-23-13-6-11-21-26(23)27(24-14-7-17-33-24)30(22-12-5-4-10-20(22)29-21)18-25(32)28-16-15-19-8-2-1-3-9-19/h1-5,7-10,12,14,17,27,29H,6,11,13,15-16,18H2,(H,28,32)/t27-/m0/s1. The second kappa shape index (κ2) is 9.63. The van der Waals surface area contributed by atoms with Crippen molar-refractivity contribution in [2.75, 3.05) is 23.3 Å². The van der Waals surface area contributed by atoms with Gasteiger partial charge < -0.3 is 15.5 Å². The molecule has 2 aromatic carbocycles. The second-order valence-corrected chi connectivity index (χ2v) is 9.42. The van der Waals surface area contributed by atoms with E-state index in [1.54, 1.807) is 11.3 Å². The van der Waals surface area contributed by atoms with Gasteiger partial charge in [0.2, 0.25) is 5.91 Å². The van der Waals surface area contributed by atoms with E-state index in [1.807, 2.05) is 53.9 Å². The van der Waals surface area contributed by atoms with E-state index in [0.717, 1.165) is 46.8 Å². The van der Waals surface area contributed by atoms with Crippen LogP contribution in [-0.4, -0.2) is 24.8 Å². The molecule has 1 aliphatic carbocycles. The van der Waals surface area contributed by atoms with Gasteiger partial charge in [0.15, 0.2) is 5.78 Å². The Balaban J connectivity index is 1.45. The van der Waals surface area contributed by atoms with Gasteiger partial charge in [-0.15, -0.1) is 11.3 Å². The van der Waals surface area contributed by atoms with Crippen molar-refractivity contribution in [2.24, 2.45) is 0 Å². The monoisotopic (exact) mass is 457 g/mol. The predicted molar refractivity (Wildman–Crippen MR) is 134 cm³/mol. The van der Waals surface area contributed by atoms with Crippen LogP contribution in [-0.2, 0) is 16.0 Å². The molecule has 3 aromatic rings. The maximum Gasteiger partial charge on any atom is 0.239 e. The number of carbonyl (C=O) groups excluding carboxylic acids is 2. The zero-order valence-corrected chi connectivity index (χ0v) is 19.2. The number of amides is 1. The number of benzene rings is 2. The Kier molecular flexibility index (Phi) is 6.26. The fraction of sp³-hybridized carbons (Fsp3) is 0.259. The van der Waals surface area contributed by atoms with Gasteiger partial charge in [0.1, 0.15) is 0 Å². The normalized spacial score (nSPS) is 17.6. The summed E-state index contributed by atoms with van der Waals surface area (Å²) in [6.45, 7) is 0.757. The lowest BCUT2D eigenvalue weighted by Gasteiger charge is -2.34. The third-order valence-electron chi connectivity index (χ3n) is 6.25. The summed E-state index contributed by atoms with van der Waals surface area (Å²) in [4.78, 5) is 29.5. The molecular weight excluding hydrogens is 430 g/mol. The third kappa shape index (κ3) is 4.57. The number of allylic oxidation sites excluding steroid dienone is 1. The lowest BCUT2D eigenvalue weighted by Crippen LogP contribution is -2.41. The first-order chi connectivity index (χ1) is 16.2. The largest absolute Gasteiger partial charge is 0.357 e.